The number of aliphatic carboxylic acids is 1. The lowest BCUT2D eigenvalue weighted by molar-refractivity contribution is -0.143. The maximum Gasteiger partial charge on any atom is 0.313 e. The first-order chi connectivity index (χ1) is 17.8. The Balaban J connectivity index is 1.66. The minimum absolute atomic E-state index is 0.188. The lowest BCUT2D eigenvalue weighted by Gasteiger charge is -2.49. The highest BCUT2D eigenvalue weighted by molar-refractivity contribution is 6.42. The van der Waals surface area contributed by atoms with Crippen LogP contribution in [-0.2, 0) is 11.3 Å². The molecule has 1 aliphatic heterocycles. The molecule has 1 fully saturated rings. The van der Waals surface area contributed by atoms with Crippen LogP contribution in [0.2, 0.25) is 10.0 Å². The van der Waals surface area contributed by atoms with Gasteiger partial charge in [0.1, 0.15) is 5.92 Å². The number of fused-ring (bicyclic) bond motifs is 1. The molecule has 37 heavy (non-hydrogen) atoms. The van der Waals surface area contributed by atoms with E-state index in [1.165, 1.54) is 6.08 Å². The minimum Gasteiger partial charge on any atom is -0.481 e. The second kappa shape index (κ2) is 9.97. The Bertz CT molecular complexity index is 1400. The number of benzene rings is 3. The first kappa shape index (κ1) is 25.5. The molecule has 3 aromatic rings. The van der Waals surface area contributed by atoms with Crippen molar-refractivity contribution < 1.29 is 19.8 Å². The van der Waals surface area contributed by atoms with Crippen molar-refractivity contribution in [1.82, 2.24) is 4.90 Å². The van der Waals surface area contributed by atoms with E-state index < -0.39 is 23.5 Å². The fraction of sp³-hybridized carbons (Fsp3) is 0.267. The first-order valence-electron chi connectivity index (χ1n) is 12.3. The molecule has 190 valence electrons. The van der Waals surface area contributed by atoms with Crippen LogP contribution in [0.15, 0.2) is 73.3 Å². The molecule has 0 aromatic heterocycles. The molecule has 1 aliphatic carbocycles. The molecule has 2 N–H and O–H groups in total. The zero-order chi connectivity index (χ0) is 26.3. The lowest BCUT2D eigenvalue weighted by atomic mass is 9.70. The van der Waals surface area contributed by atoms with Crippen molar-refractivity contribution in [2.45, 2.75) is 49.8 Å². The molecule has 0 radical (unpaired) electrons. The Hall–Kier alpha value is -3.12. The monoisotopic (exact) mass is 535 g/mol. The number of rotatable bonds is 6. The number of aliphatic hydroxyl groups is 1. The van der Waals surface area contributed by atoms with Crippen LogP contribution in [0.25, 0.3) is 11.1 Å². The number of carbonyl (C=O) groups is 2. The van der Waals surface area contributed by atoms with Crippen molar-refractivity contribution in [1.29, 1.82) is 0 Å². The highest BCUT2D eigenvalue weighted by Gasteiger charge is 2.55. The number of hydrogen-bond donors (Lipinski definition) is 2. The van der Waals surface area contributed by atoms with Gasteiger partial charge in [0.2, 0.25) is 0 Å². The molecule has 3 aromatic carbocycles. The molecule has 2 atom stereocenters. The van der Waals surface area contributed by atoms with Gasteiger partial charge in [-0.15, -0.1) is 6.58 Å². The van der Waals surface area contributed by atoms with Crippen molar-refractivity contribution >= 4 is 35.1 Å². The van der Waals surface area contributed by atoms with Gasteiger partial charge < -0.3 is 15.1 Å². The van der Waals surface area contributed by atoms with Gasteiger partial charge in [-0.05, 0) is 64.9 Å². The van der Waals surface area contributed by atoms with Gasteiger partial charge in [0, 0.05) is 12.1 Å². The number of carbonyl (C=O) groups excluding carboxylic acids is 1. The number of amides is 1. The zero-order valence-electron chi connectivity index (χ0n) is 20.2. The van der Waals surface area contributed by atoms with Gasteiger partial charge in [-0.25, -0.2) is 0 Å². The van der Waals surface area contributed by atoms with Crippen LogP contribution >= 0.6 is 23.2 Å². The maximum atomic E-state index is 14.0. The van der Waals surface area contributed by atoms with Gasteiger partial charge in [0.25, 0.3) is 5.91 Å². The van der Waals surface area contributed by atoms with E-state index in [4.69, 9.17) is 23.2 Å². The lowest BCUT2D eigenvalue weighted by Crippen LogP contribution is -2.58. The van der Waals surface area contributed by atoms with Crippen molar-refractivity contribution in [3.05, 3.63) is 106 Å². The fourth-order valence-corrected chi connectivity index (χ4v) is 6.38. The van der Waals surface area contributed by atoms with E-state index in [0.29, 0.717) is 39.6 Å². The predicted octanol–water partition coefficient (Wildman–Crippen LogP) is 7.02. The predicted molar refractivity (Wildman–Crippen MR) is 145 cm³/mol. The number of carboxylic acid groups (broad SMARTS) is 1. The molecule has 1 saturated carbocycles. The first-order valence-corrected chi connectivity index (χ1v) is 13.0. The van der Waals surface area contributed by atoms with Crippen LogP contribution in [0.5, 0.6) is 0 Å². The summed E-state index contributed by atoms with van der Waals surface area (Å²) in [4.78, 5) is 28.7. The van der Waals surface area contributed by atoms with E-state index in [9.17, 15) is 19.8 Å². The molecule has 5 nitrogen and oxygen atoms in total. The molecule has 2 aliphatic rings. The largest absolute Gasteiger partial charge is 0.481 e. The smallest absolute Gasteiger partial charge is 0.313 e. The summed E-state index contributed by atoms with van der Waals surface area (Å²) in [5.74, 6) is -2.03. The van der Waals surface area contributed by atoms with Crippen molar-refractivity contribution in [2.24, 2.45) is 0 Å². The highest BCUT2D eigenvalue weighted by atomic mass is 35.5. The maximum absolute atomic E-state index is 14.0. The van der Waals surface area contributed by atoms with Gasteiger partial charge in [-0.1, -0.05) is 78.5 Å². The highest BCUT2D eigenvalue weighted by Crippen LogP contribution is 2.51. The second-order valence-corrected chi connectivity index (χ2v) is 10.6. The molecular weight excluding hydrogens is 509 g/mol. The van der Waals surface area contributed by atoms with Gasteiger partial charge in [-0.2, -0.15) is 0 Å². The second-order valence-electron chi connectivity index (χ2n) is 9.79. The van der Waals surface area contributed by atoms with Gasteiger partial charge in [-0.3, -0.25) is 9.59 Å². The summed E-state index contributed by atoms with van der Waals surface area (Å²) < 4.78 is 0. The van der Waals surface area contributed by atoms with Gasteiger partial charge in [0.05, 0.1) is 21.7 Å². The Morgan fingerprint density at radius 2 is 1.78 bits per heavy atom. The van der Waals surface area contributed by atoms with Crippen LogP contribution in [-0.4, -0.2) is 32.5 Å². The standard InChI is InChI=1S/C30H27Cl2NO4/c1-2-26(34)21-8-4-3-7-20(21)19-10-11-22-23(16-19)27(29(36)37)30(13-5-6-14-30)33(28(22)35)17-18-9-12-24(31)25(32)15-18/h2-4,7-12,15-16,26-27,34H,1,5-6,13-14,17H2,(H,36,37). The number of halogens is 2. The SMILES string of the molecule is C=CC(O)c1ccccc1-c1ccc2c(c1)C(C(=O)O)C1(CCCC1)N(Cc1ccc(Cl)c(Cl)c1)C2=O. The normalized spacial score (nSPS) is 19.1. The fourth-order valence-electron chi connectivity index (χ4n) is 6.06. The summed E-state index contributed by atoms with van der Waals surface area (Å²) in [5.41, 5.74) is 3.05. The van der Waals surface area contributed by atoms with Crippen molar-refractivity contribution in [2.75, 3.05) is 0 Å². The molecule has 5 rings (SSSR count). The quantitative estimate of drug-likeness (QED) is 0.332. The molecule has 1 heterocycles. The summed E-state index contributed by atoms with van der Waals surface area (Å²) in [6, 6.07) is 18.0. The third-order valence-electron chi connectivity index (χ3n) is 7.77. The third kappa shape index (κ3) is 4.35. The van der Waals surface area contributed by atoms with Crippen molar-refractivity contribution in [3.63, 3.8) is 0 Å². The molecule has 7 heteroatoms. The van der Waals surface area contributed by atoms with Crippen LogP contribution < -0.4 is 0 Å². The average molecular weight is 536 g/mol. The van der Waals surface area contributed by atoms with E-state index in [1.54, 1.807) is 23.1 Å². The number of nitrogens with zero attached hydrogens (tertiary/aromatic N) is 1. The third-order valence-corrected chi connectivity index (χ3v) is 8.51. The van der Waals surface area contributed by atoms with Crippen LogP contribution in [0.3, 0.4) is 0 Å². The van der Waals surface area contributed by atoms with E-state index in [1.807, 2.05) is 42.5 Å². The molecule has 1 spiro atoms. The summed E-state index contributed by atoms with van der Waals surface area (Å²) >= 11 is 12.3. The van der Waals surface area contributed by atoms with E-state index in [2.05, 4.69) is 6.58 Å². The Kier molecular flexibility index (Phi) is 6.88. The summed E-state index contributed by atoms with van der Waals surface area (Å²) in [5, 5.41) is 21.9. The Morgan fingerprint density at radius 1 is 1.05 bits per heavy atom. The van der Waals surface area contributed by atoms with E-state index >= 15 is 0 Å². The van der Waals surface area contributed by atoms with E-state index in [-0.39, 0.29) is 12.5 Å². The minimum atomic E-state index is -0.952. The van der Waals surface area contributed by atoms with Gasteiger partial charge in [0.15, 0.2) is 0 Å². The molecule has 1 amide bonds. The van der Waals surface area contributed by atoms with Crippen LogP contribution in [0.1, 0.15) is 64.8 Å². The number of aliphatic hydroxyl groups excluding tert-OH is 1. The number of carboxylic acids is 1. The molecular formula is C30H27Cl2NO4. The molecule has 0 saturated heterocycles. The average Bonchev–Trinajstić information content (AvgIpc) is 3.37. The molecule has 2 unspecified atom stereocenters. The molecule has 0 bridgehead atoms. The van der Waals surface area contributed by atoms with Crippen LogP contribution in [0, 0.1) is 0 Å². The Morgan fingerprint density at radius 3 is 2.46 bits per heavy atom. The van der Waals surface area contributed by atoms with E-state index in [0.717, 1.165) is 29.5 Å². The summed E-state index contributed by atoms with van der Waals surface area (Å²) in [6.45, 7) is 3.94. The van der Waals surface area contributed by atoms with Crippen LogP contribution in [0.4, 0.5) is 0 Å². The summed E-state index contributed by atoms with van der Waals surface area (Å²) in [6.07, 6.45) is 3.48. The summed E-state index contributed by atoms with van der Waals surface area (Å²) in [7, 11) is 0. The van der Waals surface area contributed by atoms with Crippen molar-refractivity contribution in [3.8, 4) is 11.1 Å². The Labute approximate surface area is 226 Å². The van der Waals surface area contributed by atoms with Gasteiger partial charge >= 0.3 is 5.97 Å². The topological polar surface area (TPSA) is 77.8 Å². The number of hydrogen-bond acceptors (Lipinski definition) is 3. The zero-order valence-corrected chi connectivity index (χ0v) is 21.7.